The summed E-state index contributed by atoms with van der Waals surface area (Å²) in [6.07, 6.45) is 1.51. The zero-order valence-electron chi connectivity index (χ0n) is 14.2. The predicted molar refractivity (Wildman–Crippen MR) is 94.9 cm³/mol. The summed E-state index contributed by atoms with van der Waals surface area (Å²) in [5.41, 5.74) is 0.826. The molecule has 8 heteroatoms. The Kier molecular flexibility index (Phi) is 6.13. The molecule has 2 aromatic rings. The Labute approximate surface area is 152 Å². The molecule has 0 bridgehead atoms. The fraction of sp³-hybridized carbons (Fsp3) is 0.353. The van der Waals surface area contributed by atoms with Crippen LogP contribution in [-0.4, -0.2) is 30.1 Å². The quantitative estimate of drug-likeness (QED) is 0.430. The van der Waals surface area contributed by atoms with E-state index in [2.05, 4.69) is 23.8 Å². The number of nitrogens with zero attached hydrogens (tertiary/aromatic N) is 2. The van der Waals surface area contributed by atoms with Crippen molar-refractivity contribution in [1.29, 1.82) is 0 Å². The van der Waals surface area contributed by atoms with Crippen molar-refractivity contribution in [2.24, 2.45) is 0 Å². The summed E-state index contributed by atoms with van der Waals surface area (Å²) >= 11 is 5.93. The Morgan fingerprint density at radius 2 is 1.88 bits per heavy atom. The van der Waals surface area contributed by atoms with Gasteiger partial charge in [-0.15, -0.1) is 0 Å². The zero-order valence-corrected chi connectivity index (χ0v) is 15.8. The number of hydrogen-bond acceptors (Lipinski definition) is 6. The van der Waals surface area contributed by atoms with Crippen LogP contribution in [0.25, 0.3) is 0 Å². The van der Waals surface area contributed by atoms with Crippen molar-refractivity contribution < 1.29 is 17.9 Å². The maximum Gasteiger partial charge on any atom is 0.364 e. The van der Waals surface area contributed by atoms with Gasteiger partial charge in [0, 0.05) is 0 Å². The molecule has 0 radical (unpaired) electrons. The normalized spacial score (nSPS) is 11.6. The van der Waals surface area contributed by atoms with Gasteiger partial charge in [0.05, 0.1) is 17.0 Å². The smallest absolute Gasteiger partial charge is 0.364 e. The van der Waals surface area contributed by atoms with Gasteiger partial charge in [0.25, 0.3) is 0 Å². The van der Waals surface area contributed by atoms with Crippen LogP contribution in [0.4, 0.5) is 0 Å². The molecule has 0 aliphatic heterocycles. The third-order valence-electron chi connectivity index (χ3n) is 3.42. The molecule has 1 aromatic heterocycles. The molecular formula is C17H19ClN2O4S. The van der Waals surface area contributed by atoms with Crippen LogP contribution in [-0.2, 0) is 9.84 Å². The van der Waals surface area contributed by atoms with Gasteiger partial charge in [-0.25, -0.2) is 23.2 Å². The van der Waals surface area contributed by atoms with Crippen molar-refractivity contribution in [1.82, 2.24) is 9.97 Å². The van der Waals surface area contributed by atoms with Gasteiger partial charge in [-0.2, -0.15) is 0 Å². The fourth-order valence-electron chi connectivity index (χ4n) is 2.08. The first-order valence-electron chi connectivity index (χ1n) is 7.82. The van der Waals surface area contributed by atoms with E-state index >= 15 is 0 Å². The molecule has 0 aliphatic carbocycles. The molecule has 1 aromatic carbocycles. The number of carbonyl (C=O) groups is 1. The Morgan fingerprint density at radius 3 is 2.44 bits per heavy atom. The van der Waals surface area contributed by atoms with Gasteiger partial charge in [-0.05, 0) is 30.0 Å². The zero-order chi connectivity index (χ0) is 18.6. The van der Waals surface area contributed by atoms with Crippen LogP contribution >= 0.6 is 11.6 Å². The second kappa shape index (κ2) is 7.93. The van der Waals surface area contributed by atoms with Gasteiger partial charge >= 0.3 is 5.97 Å². The van der Waals surface area contributed by atoms with E-state index in [-0.39, 0.29) is 16.5 Å². The molecule has 2 rings (SSSR count). The first kappa shape index (κ1) is 19.3. The molecule has 25 heavy (non-hydrogen) atoms. The molecule has 0 N–H and O–H groups in total. The summed E-state index contributed by atoms with van der Waals surface area (Å²) in [6, 6.07) is 7.03. The summed E-state index contributed by atoms with van der Waals surface area (Å²) in [6.45, 7) is 5.84. The highest BCUT2D eigenvalue weighted by Crippen LogP contribution is 2.21. The van der Waals surface area contributed by atoms with Crippen LogP contribution in [0.2, 0.25) is 5.02 Å². The minimum Gasteiger partial charge on any atom is -0.422 e. The Balaban J connectivity index is 2.27. The maximum atomic E-state index is 12.3. The fourth-order valence-corrected chi connectivity index (χ4v) is 3.41. The molecule has 0 saturated heterocycles. The number of esters is 1. The molecule has 0 atom stereocenters. The summed E-state index contributed by atoms with van der Waals surface area (Å²) in [4.78, 5) is 19.8. The molecule has 0 saturated carbocycles. The summed E-state index contributed by atoms with van der Waals surface area (Å²) in [5.74, 6) is -0.271. The Bertz CT molecular complexity index is 865. The van der Waals surface area contributed by atoms with Gasteiger partial charge in [-0.3, -0.25) is 0 Å². The molecule has 0 aliphatic rings. The lowest BCUT2D eigenvalue weighted by atomic mass is 10.0. The predicted octanol–water partition coefficient (Wildman–Crippen LogP) is 3.66. The molecule has 6 nitrogen and oxygen atoms in total. The van der Waals surface area contributed by atoms with E-state index in [9.17, 15) is 13.2 Å². The number of rotatable bonds is 6. The van der Waals surface area contributed by atoms with Gasteiger partial charge in [0.15, 0.2) is 5.69 Å². The van der Waals surface area contributed by atoms with E-state index in [0.717, 1.165) is 11.8 Å². The lowest BCUT2D eigenvalue weighted by Crippen LogP contribution is -2.17. The number of benzene rings is 1. The lowest BCUT2D eigenvalue weighted by Gasteiger charge is -2.09. The van der Waals surface area contributed by atoms with E-state index in [1.165, 1.54) is 0 Å². The third kappa shape index (κ3) is 4.76. The van der Waals surface area contributed by atoms with Crippen molar-refractivity contribution in [2.75, 3.05) is 5.75 Å². The summed E-state index contributed by atoms with van der Waals surface area (Å²) in [5, 5.41) is -0.500. The highest BCUT2D eigenvalue weighted by atomic mass is 35.5. The number of hydrogen-bond donors (Lipinski definition) is 0. The van der Waals surface area contributed by atoms with Crippen LogP contribution < -0.4 is 4.74 Å². The van der Waals surface area contributed by atoms with E-state index in [0.29, 0.717) is 18.1 Å². The van der Waals surface area contributed by atoms with Gasteiger partial charge < -0.3 is 4.74 Å². The minimum atomic E-state index is -3.66. The van der Waals surface area contributed by atoms with Crippen molar-refractivity contribution in [3.05, 3.63) is 46.7 Å². The van der Waals surface area contributed by atoms with Crippen LogP contribution in [0.1, 0.15) is 49.2 Å². The summed E-state index contributed by atoms with van der Waals surface area (Å²) < 4.78 is 29.4. The van der Waals surface area contributed by atoms with Crippen molar-refractivity contribution >= 4 is 27.4 Å². The van der Waals surface area contributed by atoms with Gasteiger partial charge in [-0.1, -0.05) is 44.5 Å². The minimum absolute atomic E-state index is 0.0701. The Morgan fingerprint density at radius 1 is 1.24 bits per heavy atom. The molecule has 134 valence electrons. The van der Waals surface area contributed by atoms with Crippen molar-refractivity contribution in [3.8, 4) is 5.75 Å². The largest absolute Gasteiger partial charge is 0.422 e. The first-order valence-corrected chi connectivity index (χ1v) is 9.85. The molecule has 1 heterocycles. The number of carbonyl (C=O) groups excluding carboxylic acids is 1. The maximum absolute atomic E-state index is 12.3. The third-order valence-corrected chi connectivity index (χ3v) is 5.40. The van der Waals surface area contributed by atoms with Crippen LogP contribution in [0, 0.1) is 0 Å². The average Bonchev–Trinajstić information content (AvgIpc) is 2.55. The standard InChI is InChI=1S/C17H19ClN2O4S/c1-4-9-25(22,23)17-19-10-14(18)15(20-17)16(21)24-13-7-5-12(6-8-13)11(2)3/h5-8,10-11H,4,9H2,1-3H3. The average molecular weight is 383 g/mol. The molecule has 0 unspecified atom stereocenters. The molecular weight excluding hydrogens is 364 g/mol. The van der Waals surface area contributed by atoms with E-state index in [1.807, 2.05) is 12.1 Å². The topological polar surface area (TPSA) is 86.2 Å². The first-order chi connectivity index (χ1) is 11.7. The highest BCUT2D eigenvalue weighted by molar-refractivity contribution is 7.91. The van der Waals surface area contributed by atoms with E-state index in [1.54, 1.807) is 19.1 Å². The number of aromatic nitrogens is 2. The molecule has 0 amide bonds. The molecule has 0 fully saturated rings. The SMILES string of the molecule is CCCS(=O)(=O)c1ncc(Cl)c(C(=O)Oc2ccc(C(C)C)cc2)n1. The van der Waals surface area contributed by atoms with Crippen molar-refractivity contribution in [3.63, 3.8) is 0 Å². The number of halogens is 1. The second-order valence-corrected chi connectivity index (χ2v) is 8.19. The van der Waals surface area contributed by atoms with Gasteiger partial charge in [0.1, 0.15) is 5.75 Å². The van der Waals surface area contributed by atoms with E-state index < -0.39 is 21.0 Å². The van der Waals surface area contributed by atoms with Crippen LogP contribution in [0.5, 0.6) is 5.75 Å². The monoisotopic (exact) mass is 382 g/mol. The number of ether oxygens (including phenoxy) is 1. The van der Waals surface area contributed by atoms with E-state index in [4.69, 9.17) is 16.3 Å². The second-order valence-electron chi connectivity index (χ2n) is 5.78. The van der Waals surface area contributed by atoms with Crippen LogP contribution in [0.15, 0.2) is 35.6 Å². The van der Waals surface area contributed by atoms with Crippen molar-refractivity contribution in [2.45, 2.75) is 38.3 Å². The number of sulfone groups is 1. The summed E-state index contributed by atoms with van der Waals surface area (Å²) in [7, 11) is -3.66. The lowest BCUT2D eigenvalue weighted by molar-refractivity contribution is 0.0727. The Hall–Kier alpha value is -1.99. The van der Waals surface area contributed by atoms with Crippen LogP contribution in [0.3, 0.4) is 0 Å². The molecule has 0 spiro atoms. The highest BCUT2D eigenvalue weighted by Gasteiger charge is 2.23. The van der Waals surface area contributed by atoms with Gasteiger partial charge in [0.2, 0.25) is 15.0 Å².